The molecule has 2 fully saturated rings. The first-order valence-corrected chi connectivity index (χ1v) is 8.47. The summed E-state index contributed by atoms with van der Waals surface area (Å²) in [4.78, 5) is 12.0. The van der Waals surface area contributed by atoms with Gasteiger partial charge in [0.05, 0.1) is 5.75 Å². The monoisotopic (exact) mass is 295 g/mol. The van der Waals surface area contributed by atoms with Crippen LogP contribution in [0, 0.1) is 11.8 Å². The zero-order valence-electron chi connectivity index (χ0n) is 11.8. The first kappa shape index (κ1) is 13.9. The lowest BCUT2D eigenvalue weighted by Gasteiger charge is -2.22. The zero-order chi connectivity index (χ0) is 13.9. The van der Waals surface area contributed by atoms with Gasteiger partial charge < -0.3 is 9.73 Å². The van der Waals surface area contributed by atoms with E-state index in [2.05, 4.69) is 22.4 Å². The Morgan fingerprint density at radius 2 is 2.30 bits per heavy atom. The summed E-state index contributed by atoms with van der Waals surface area (Å²) in [7, 11) is 0. The van der Waals surface area contributed by atoms with E-state index < -0.39 is 0 Å². The fraction of sp³-hybridized carbons (Fsp3) is 0.786. The molecule has 1 N–H and O–H groups in total. The molecule has 110 valence electrons. The largest absolute Gasteiger partial charge is 0.416 e. The van der Waals surface area contributed by atoms with E-state index in [0.717, 1.165) is 18.8 Å². The molecule has 1 amide bonds. The van der Waals surface area contributed by atoms with Crippen molar-refractivity contribution in [2.24, 2.45) is 11.8 Å². The molecule has 20 heavy (non-hydrogen) atoms. The van der Waals surface area contributed by atoms with Crippen LogP contribution in [0.5, 0.6) is 0 Å². The molecule has 2 aliphatic carbocycles. The molecule has 3 rings (SSSR count). The van der Waals surface area contributed by atoms with Gasteiger partial charge in [0.25, 0.3) is 5.22 Å². The van der Waals surface area contributed by atoms with Crippen molar-refractivity contribution < 1.29 is 9.21 Å². The first-order valence-electron chi connectivity index (χ1n) is 7.49. The molecule has 0 spiro atoms. The molecule has 2 bridgehead atoms. The standard InChI is InChI=1S/C14H21N3O2S/c1-2-3-13-16-17-14(19-13)20-8-12(18)15-11-7-9-4-5-10(11)6-9/h9-11H,2-8H2,1H3,(H,15,18)/t9-,10-,11-/m1/s1. The van der Waals surface area contributed by atoms with E-state index in [4.69, 9.17) is 4.42 Å². The molecule has 0 aromatic carbocycles. The predicted molar refractivity (Wildman–Crippen MR) is 76.4 cm³/mol. The minimum absolute atomic E-state index is 0.0859. The van der Waals surface area contributed by atoms with Gasteiger partial charge in [-0.3, -0.25) is 4.79 Å². The Morgan fingerprint density at radius 1 is 1.40 bits per heavy atom. The molecule has 1 heterocycles. The summed E-state index contributed by atoms with van der Waals surface area (Å²) in [5, 5.41) is 11.6. The third kappa shape index (κ3) is 3.16. The molecule has 0 aliphatic heterocycles. The topological polar surface area (TPSA) is 68.0 Å². The average molecular weight is 295 g/mol. The number of nitrogens with zero attached hydrogens (tertiary/aromatic N) is 2. The zero-order valence-corrected chi connectivity index (χ0v) is 12.6. The quantitative estimate of drug-likeness (QED) is 0.816. The second kappa shape index (κ2) is 6.16. The molecule has 0 radical (unpaired) electrons. The Morgan fingerprint density at radius 3 is 3.00 bits per heavy atom. The van der Waals surface area contributed by atoms with Crippen LogP contribution in [-0.2, 0) is 11.2 Å². The Labute approximate surface area is 123 Å². The molecule has 1 aromatic heterocycles. The Bertz CT molecular complexity index is 477. The summed E-state index contributed by atoms with van der Waals surface area (Å²) >= 11 is 1.33. The van der Waals surface area contributed by atoms with Crippen LogP contribution in [0.15, 0.2) is 9.64 Å². The number of nitrogens with one attached hydrogen (secondary N) is 1. The van der Waals surface area contributed by atoms with Crippen molar-refractivity contribution in [2.75, 3.05) is 5.75 Å². The van der Waals surface area contributed by atoms with Crippen LogP contribution in [0.1, 0.15) is 44.9 Å². The number of hydrogen-bond acceptors (Lipinski definition) is 5. The number of carbonyl (C=O) groups is 1. The van der Waals surface area contributed by atoms with Gasteiger partial charge in [-0.15, -0.1) is 10.2 Å². The number of thioether (sulfide) groups is 1. The summed E-state index contributed by atoms with van der Waals surface area (Å²) in [5.74, 6) is 2.67. The fourth-order valence-electron chi connectivity index (χ4n) is 3.41. The minimum Gasteiger partial charge on any atom is -0.416 e. The van der Waals surface area contributed by atoms with Gasteiger partial charge in [-0.25, -0.2) is 0 Å². The second-order valence-corrected chi connectivity index (χ2v) is 6.78. The SMILES string of the molecule is CCCc1nnc(SCC(=O)N[C@@H]2C[C@@H]3CC[C@@H]2C3)o1. The van der Waals surface area contributed by atoms with Crippen LogP contribution < -0.4 is 5.32 Å². The van der Waals surface area contributed by atoms with Gasteiger partial charge in [0, 0.05) is 12.5 Å². The molecule has 5 nitrogen and oxygen atoms in total. The number of carbonyl (C=O) groups excluding carboxylic acids is 1. The summed E-state index contributed by atoms with van der Waals surface area (Å²) in [6.07, 6.45) is 6.90. The van der Waals surface area contributed by atoms with Crippen molar-refractivity contribution in [3.8, 4) is 0 Å². The first-order chi connectivity index (χ1) is 9.74. The number of amides is 1. The number of hydrogen-bond donors (Lipinski definition) is 1. The molecular formula is C14H21N3O2S. The molecule has 0 saturated heterocycles. The lowest BCUT2D eigenvalue weighted by atomic mass is 9.95. The van der Waals surface area contributed by atoms with E-state index in [1.54, 1.807) is 0 Å². The summed E-state index contributed by atoms with van der Waals surface area (Å²) < 4.78 is 5.45. The maximum absolute atomic E-state index is 12.0. The van der Waals surface area contributed by atoms with Crippen LogP contribution in [0.4, 0.5) is 0 Å². The summed E-state index contributed by atoms with van der Waals surface area (Å²) in [6.45, 7) is 2.07. The average Bonchev–Trinajstić information content (AvgIpc) is 3.13. The van der Waals surface area contributed by atoms with E-state index in [-0.39, 0.29) is 5.91 Å². The molecular weight excluding hydrogens is 274 g/mol. The number of fused-ring (bicyclic) bond motifs is 2. The Kier molecular flexibility index (Phi) is 4.29. The van der Waals surface area contributed by atoms with Gasteiger partial charge in [0.15, 0.2) is 0 Å². The van der Waals surface area contributed by atoms with E-state index in [9.17, 15) is 4.79 Å². The third-order valence-electron chi connectivity index (χ3n) is 4.32. The highest BCUT2D eigenvalue weighted by molar-refractivity contribution is 7.99. The van der Waals surface area contributed by atoms with Crippen molar-refractivity contribution in [3.63, 3.8) is 0 Å². The minimum atomic E-state index is 0.0859. The van der Waals surface area contributed by atoms with Gasteiger partial charge in [-0.1, -0.05) is 25.1 Å². The Hall–Kier alpha value is -1.04. The maximum atomic E-state index is 12.0. The van der Waals surface area contributed by atoms with Crippen LogP contribution in [-0.4, -0.2) is 27.9 Å². The van der Waals surface area contributed by atoms with Crippen molar-refractivity contribution in [1.82, 2.24) is 15.5 Å². The van der Waals surface area contributed by atoms with Crippen molar-refractivity contribution in [3.05, 3.63) is 5.89 Å². The number of aromatic nitrogens is 2. The third-order valence-corrected chi connectivity index (χ3v) is 5.14. The van der Waals surface area contributed by atoms with Crippen molar-refractivity contribution in [1.29, 1.82) is 0 Å². The molecule has 2 aliphatic rings. The van der Waals surface area contributed by atoms with E-state index in [1.165, 1.54) is 37.4 Å². The molecule has 1 aromatic rings. The highest BCUT2D eigenvalue weighted by Gasteiger charge is 2.39. The smallest absolute Gasteiger partial charge is 0.277 e. The highest BCUT2D eigenvalue weighted by Crippen LogP contribution is 2.44. The van der Waals surface area contributed by atoms with E-state index in [1.807, 2.05) is 0 Å². The number of aryl methyl sites for hydroxylation is 1. The highest BCUT2D eigenvalue weighted by atomic mass is 32.2. The van der Waals surface area contributed by atoms with Gasteiger partial charge in [0.2, 0.25) is 11.8 Å². The van der Waals surface area contributed by atoms with Crippen LogP contribution >= 0.6 is 11.8 Å². The fourth-order valence-corrected chi connectivity index (χ4v) is 4.00. The normalized spacial score (nSPS) is 27.9. The van der Waals surface area contributed by atoms with Gasteiger partial charge in [-0.05, 0) is 37.5 Å². The van der Waals surface area contributed by atoms with Crippen molar-refractivity contribution >= 4 is 17.7 Å². The summed E-state index contributed by atoms with van der Waals surface area (Å²) in [5.41, 5.74) is 0. The van der Waals surface area contributed by atoms with E-state index in [0.29, 0.717) is 28.8 Å². The van der Waals surface area contributed by atoms with Crippen molar-refractivity contribution in [2.45, 2.75) is 56.7 Å². The second-order valence-electron chi connectivity index (χ2n) is 5.85. The summed E-state index contributed by atoms with van der Waals surface area (Å²) in [6, 6.07) is 0.403. The van der Waals surface area contributed by atoms with Crippen LogP contribution in [0.25, 0.3) is 0 Å². The van der Waals surface area contributed by atoms with Crippen LogP contribution in [0.2, 0.25) is 0 Å². The van der Waals surface area contributed by atoms with Gasteiger partial charge >= 0.3 is 0 Å². The number of rotatable bonds is 6. The lowest BCUT2D eigenvalue weighted by molar-refractivity contribution is -0.119. The molecule has 2 saturated carbocycles. The van der Waals surface area contributed by atoms with E-state index >= 15 is 0 Å². The maximum Gasteiger partial charge on any atom is 0.277 e. The van der Waals surface area contributed by atoms with Gasteiger partial charge in [0.1, 0.15) is 0 Å². The molecule has 3 atom stereocenters. The van der Waals surface area contributed by atoms with Crippen LogP contribution in [0.3, 0.4) is 0 Å². The molecule has 0 unspecified atom stereocenters. The van der Waals surface area contributed by atoms with Gasteiger partial charge in [-0.2, -0.15) is 0 Å². The predicted octanol–water partition coefficient (Wildman–Crippen LogP) is 2.42. The lowest BCUT2D eigenvalue weighted by Crippen LogP contribution is -2.39. The molecule has 6 heteroatoms. The Balaban J connectivity index is 1.42.